The van der Waals surface area contributed by atoms with Gasteiger partial charge in [-0.2, -0.15) is 10.2 Å². The Bertz CT molecular complexity index is 1030. The summed E-state index contributed by atoms with van der Waals surface area (Å²) in [7, 11) is 0. The van der Waals surface area contributed by atoms with Gasteiger partial charge in [0.15, 0.2) is 0 Å². The number of aromatic amines is 1. The second-order valence-corrected chi connectivity index (χ2v) is 6.08. The molecule has 0 radical (unpaired) electrons. The Labute approximate surface area is 137 Å². The third-order valence-corrected chi connectivity index (χ3v) is 4.58. The minimum absolute atomic E-state index is 0.273. The van der Waals surface area contributed by atoms with Crippen LogP contribution in [0.5, 0.6) is 0 Å². The molecule has 0 bridgehead atoms. The minimum atomic E-state index is 0.273. The predicted molar refractivity (Wildman–Crippen MR) is 91.5 cm³/mol. The average Bonchev–Trinajstić information content (AvgIpc) is 3.33. The van der Waals surface area contributed by atoms with Gasteiger partial charge in [-0.05, 0) is 24.6 Å². The SMILES string of the molecule is Nc1nc2cc(-c3cc[nH]n3)ccc2c2nn(C3CCOC3)cc12. The van der Waals surface area contributed by atoms with Crippen LogP contribution < -0.4 is 5.73 Å². The molecule has 0 amide bonds. The standard InChI is InChI=1S/C17H16N6O/c18-17-13-8-23(11-4-6-24-9-11)22-16(13)12-2-1-10(7-15(12)20-17)14-3-5-19-21-14/h1-3,5,7-8,11H,4,6,9H2,(H2,18,20)(H,19,21). The number of anilines is 1. The fourth-order valence-corrected chi connectivity index (χ4v) is 3.29. The fourth-order valence-electron chi connectivity index (χ4n) is 3.29. The van der Waals surface area contributed by atoms with E-state index in [-0.39, 0.29) is 6.04 Å². The average molecular weight is 320 g/mol. The number of benzene rings is 1. The molecule has 1 unspecified atom stereocenters. The highest BCUT2D eigenvalue weighted by Crippen LogP contribution is 2.31. The maximum absolute atomic E-state index is 6.19. The van der Waals surface area contributed by atoms with Crippen molar-refractivity contribution >= 4 is 27.6 Å². The zero-order valence-electron chi connectivity index (χ0n) is 12.9. The summed E-state index contributed by atoms with van der Waals surface area (Å²) in [6.45, 7) is 1.48. The molecule has 1 aliphatic rings. The van der Waals surface area contributed by atoms with Crippen molar-refractivity contribution in [3.63, 3.8) is 0 Å². The van der Waals surface area contributed by atoms with Gasteiger partial charge in [0.05, 0.1) is 29.2 Å². The first-order valence-corrected chi connectivity index (χ1v) is 7.95. The third-order valence-electron chi connectivity index (χ3n) is 4.58. The molecule has 24 heavy (non-hydrogen) atoms. The molecule has 0 spiro atoms. The number of hydrogen-bond acceptors (Lipinski definition) is 5. The Kier molecular flexibility index (Phi) is 2.83. The van der Waals surface area contributed by atoms with Gasteiger partial charge in [0, 0.05) is 30.0 Å². The number of ether oxygens (including phenoxy) is 1. The maximum Gasteiger partial charge on any atom is 0.135 e. The van der Waals surface area contributed by atoms with Crippen molar-refractivity contribution in [1.82, 2.24) is 25.0 Å². The molecule has 0 saturated carbocycles. The molecule has 1 saturated heterocycles. The van der Waals surface area contributed by atoms with Gasteiger partial charge in [-0.3, -0.25) is 9.78 Å². The van der Waals surface area contributed by atoms with Crippen molar-refractivity contribution in [1.29, 1.82) is 0 Å². The molecule has 0 aliphatic carbocycles. The van der Waals surface area contributed by atoms with Gasteiger partial charge < -0.3 is 10.5 Å². The molecule has 7 nitrogen and oxygen atoms in total. The number of hydrogen-bond donors (Lipinski definition) is 2. The molecule has 5 rings (SSSR count). The van der Waals surface area contributed by atoms with Crippen LogP contribution in [0.25, 0.3) is 33.1 Å². The van der Waals surface area contributed by atoms with E-state index in [1.807, 2.05) is 35.1 Å². The molecule has 1 atom stereocenters. The number of fused-ring (bicyclic) bond motifs is 3. The van der Waals surface area contributed by atoms with E-state index >= 15 is 0 Å². The first-order chi connectivity index (χ1) is 11.8. The van der Waals surface area contributed by atoms with Gasteiger partial charge in [-0.25, -0.2) is 4.98 Å². The molecule has 4 aromatic rings. The fraction of sp³-hybridized carbons (Fsp3) is 0.235. The quantitative estimate of drug-likeness (QED) is 0.592. The van der Waals surface area contributed by atoms with Crippen LogP contribution in [-0.2, 0) is 4.74 Å². The van der Waals surface area contributed by atoms with Gasteiger partial charge in [0.2, 0.25) is 0 Å². The molecule has 7 heteroatoms. The number of nitrogens with two attached hydrogens (primary N) is 1. The number of pyridine rings is 1. The summed E-state index contributed by atoms with van der Waals surface area (Å²) in [5.74, 6) is 0.502. The van der Waals surface area contributed by atoms with Crippen LogP contribution >= 0.6 is 0 Å². The summed E-state index contributed by atoms with van der Waals surface area (Å²) in [4.78, 5) is 4.57. The van der Waals surface area contributed by atoms with E-state index in [0.717, 1.165) is 46.1 Å². The largest absolute Gasteiger partial charge is 0.383 e. The zero-order chi connectivity index (χ0) is 16.1. The second-order valence-electron chi connectivity index (χ2n) is 6.08. The summed E-state index contributed by atoms with van der Waals surface area (Å²) < 4.78 is 7.43. The Balaban J connectivity index is 1.71. The topological polar surface area (TPSA) is 94.6 Å². The van der Waals surface area contributed by atoms with Crippen LogP contribution in [0.15, 0.2) is 36.7 Å². The first-order valence-electron chi connectivity index (χ1n) is 7.95. The van der Waals surface area contributed by atoms with Crippen molar-refractivity contribution in [2.24, 2.45) is 0 Å². The van der Waals surface area contributed by atoms with Crippen LogP contribution in [0.4, 0.5) is 5.82 Å². The Morgan fingerprint density at radius 3 is 3.00 bits per heavy atom. The number of nitrogen functional groups attached to an aromatic ring is 1. The van der Waals surface area contributed by atoms with Gasteiger partial charge >= 0.3 is 0 Å². The Morgan fingerprint density at radius 2 is 2.21 bits per heavy atom. The van der Waals surface area contributed by atoms with Crippen LogP contribution in [0.3, 0.4) is 0 Å². The monoisotopic (exact) mass is 320 g/mol. The lowest BCUT2D eigenvalue weighted by Crippen LogP contribution is -2.08. The van der Waals surface area contributed by atoms with Crippen LogP contribution in [0, 0.1) is 0 Å². The van der Waals surface area contributed by atoms with Crippen molar-refractivity contribution in [2.75, 3.05) is 18.9 Å². The van der Waals surface area contributed by atoms with Gasteiger partial charge in [0.1, 0.15) is 11.3 Å². The summed E-state index contributed by atoms with van der Waals surface area (Å²) in [6.07, 6.45) is 4.76. The smallest absolute Gasteiger partial charge is 0.135 e. The van der Waals surface area contributed by atoms with E-state index in [1.165, 1.54) is 0 Å². The molecule has 1 aromatic carbocycles. The highest BCUT2D eigenvalue weighted by molar-refractivity contribution is 6.08. The highest BCUT2D eigenvalue weighted by atomic mass is 16.5. The lowest BCUT2D eigenvalue weighted by Gasteiger charge is -2.06. The normalized spacial score (nSPS) is 17.9. The minimum Gasteiger partial charge on any atom is -0.383 e. The number of nitrogens with zero attached hydrogens (tertiary/aromatic N) is 4. The highest BCUT2D eigenvalue weighted by Gasteiger charge is 2.20. The maximum atomic E-state index is 6.19. The van der Waals surface area contributed by atoms with Crippen LogP contribution in [-0.4, -0.2) is 38.2 Å². The predicted octanol–water partition coefficient (Wildman–Crippen LogP) is 2.52. The Morgan fingerprint density at radius 1 is 1.25 bits per heavy atom. The molecule has 120 valence electrons. The number of aromatic nitrogens is 5. The second kappa shape index (κ2) is 5.04. The van der Waals surface area contributed by atoms with Gasteiger partial charge in [-0.15, -0.1) is 0 Å². The van der Waals surface area contributed by atoms with E-state index in [4.69, 9.17) is 15.6 Å². The molecular weight excluding hydrogens is 304 g/mol. The van der Waals surface area contributed by atoms with E-state index < -0.39 is 0 Å². The van der Waals surface area contributed by atoms with Crippen LogP contribution in [0.2, 0.25) is 0 Å². The first kappa shape index (κ1) is 13.5. The summed E-state index contributed by atoms with van der Waals surface area (Å²) in [6, 6.07) is 8.27. The lowest BCUT2D eigenvalue weighted by atomic mass is 10.1. The van der Waals surface area contributed by atoms with E-state index in [2.05, 4.69) is 15.2 Å². The lowest BCUT2D eigenvalue weighted by molar-refractivity contribution is 0.184. The summed E-state index contributed by atoms with van der Waals surface area (Å²) in [5, 5.41) is 13.7. The van der Waals surface area contributed by atoms with Crippen molar-refractivity contribution in [2.45, 2.75) is 12.5 Å². The molecule has 3 aromatic heterocycles. The van der Waals surface area contributed by atoms with Gasteiger partial charge in [0.25, 0.3) is 0 Å². The van der Waals surface area contributed by atoms with Gasteiger partial charge in [-0.1, -0.05) is 6.07 Å². The molecule has 1 aliphatic heterocycles. The number of rotatable bonds is 2. The summed E-state index contributed by atoms with van der Waals surface area (Å²) in [5.41, 5.74) is 9.78. The molecule has 3 N–H and O–H groups in total. The van der Waals surface area contributed by atoms with E-state index in [0.29, 0.717) is 12.4 Å². The van der Waals surface area contributed by atoms with Crippen molar-refractivity contribution in [3.05, 3.63) is 36.7 Å². The summed E-state index contributed by atoms with van der Waals surface area (Å²) >= 11 is 0. The van der Waals surface area contributed by atoms with E-state index in [1.54, 1.807) is 6.20 Å². The molecule has 1 fully saturated rings. The van der Waals surface area contributed by atoms with Crippen LogP contribution in [0.1, 0.15) is 12.5 Å². The zero-order valence-corrected chi connectivity index (χ0v) is 12.9. The Hall–Kier alpha value is -2.93. The van der Waals surface area contributed by atoms with E-state index in [9.17, 15) is 0 Å². The number of nitrogens with one attached hydrogen (secondary N) is 1. The molecule has 4 heterocycles. The van der Waals surface area contributed by atoms with Crippen molar-refractivity contribution in [3.8, 4) is 11.3 Å². The van der Waals surface area contributed by atoms with Crippen molar-refractivity contribution < 1.29 is 4.74 Å². The number of H-pyrrole nitrogens is 1. The molecular formula is C17H16N6O. The third kappa shape index (κ3) is 1.98.